The summed E-state index contributed by atoms with van der Waals surface area (Å²) >= 11 is 0.195. The molecule has 0 atom stereocenters. The smallest absolute Gasteiger partial charge is 0.200 e. The first-order valence-corrected chi connectivity index (χ1v) is 16.4. The average Bonchev–Trinajstić information content (AvgIpc) is 3.64. The summed E-state index contributed by atoms with van der Waals surface area (Å²) in [6.07, 6.45) is 3.01. The Balaban J connectivity index is 0.000000631. The van der Waals surface area contributed by atoms with Gasteiger partial charge in [0.1, 0.15) is 82.5 Å². The molecular formula is C31H15BF20OS. The summed E-state index contributed by atoms with van der Waals surface area (Å²) in [5.41, 5.74) is -14.3. The van der Waals surface area contributed by atoms with Crippen LogP contribution in [0.15, 0.2) is 0 Å². The van der Waals surface area contributed by atoms with E-state index in [2.05, 4.69) is 12.5 Å². The van der Waals surface area contributed by atoms with Crippen molar-refractivity contribution in [1.29, 1.82) is 0 Å². The van der Waals surface area contributed by atoms with Crippen molar-refractivity contribution in [2.24, 2.45) is 0 Å². The van der Waals surface area contributed by atoms with Gasteiger partial charge in [0.25, 0.3) is 0 Å². The predicted octanol–water partition coefficient (Wildman–Crippen LogP) is 7.58. The summed E-state index contributed by atoms with van der Waals surface area (Å²) < 4.78 is 300. The van der Waals surface area contributed by atoms with Crippen LogP contribution in [-0.2, 0) is 15.4 Å². The molecule has 1 aliphatic carbocycles. The van der Waals surface area contributed by atoms with Gasteiger partial charge in [-0.3, -0.25) is 0 Å². The molecule has 0 amide bonds. The number of hydrogen-bond acceptors (Lipinski definition) is 1. The molecule has 0 N–H and O–H groups in total. The first-order chi connectivity index (χ1) is 25.0. The van der Waals surface area contributed by atoms with Crippen molar-refractivity contribution in [2.45, 2.75) is 31.8 Å². The Bertz CT molecular complexity index is 1770. The number of benzene rings is 4. The van der Waals surface area contributed by atoms with Crippen LogP contribution in [0.25, 0.3) is 0 Å². The van der Waals surface area contributed by atoms with Crippen molar-refractivity contribution in [3.8, 4) is 0 Å². The summed E-state index contributed by atoms with van der Waals surface area (Å²) in [7, 11) is 0. The van der Waals surface area contributed by atoms with Crippen LogP contribution >= 0.6 is 0 Å². The minimum atomic E-state index is -7.22. The van der Waals surface area contributed by atoms with Crippen molar-refractivity contribution >= 4 is 39.2 Å². The highest BCUT2D eigenvalue weighted by Crippen LogP contribution is 2.31. The highest BCUT2D eigenvalue weighted by atomic mass is 32.2. The van der Waals surface area contributed by atoms with Crippen LogP contribution < -0.4 is 21.9 Å². The Morgan fingerprint density at radius 2 is 0.500 bits per heavy atom. The fourth-order valence-electron chi connectivity index (χ4n) is 6.13. The van der Waals surface area contributed by atoms with Crippen molar-refractivity contribution < 1.29 is 92.0 Å². The van der Waals surface area contributed by atoms with E-state index in [0.29, 0.717) is 6.10 Å². The normalized spacial score (nSPS) is 13.6. The third-order valence-electron chi connectivity index (χ3n) is 8.34. The average molecular weight is 826 g/mol. The van der Waals surface area contributed by atoms with Gasteiger partial charge < -0.3 is 0 Å². The largest absolute Gasteiger partial charge is 0.207 e. The van der Waals surface area contributed by atoms with E-state index in [1.54, 1.807) is 0 Å². The molecule has 294 valence electrons. The number of halogens is 20. The molecule has 4 aromatic carbocycles. The molecule has 1 fully saturated rings. The fourth-order valence-corrected chi connectivity index (χ4v) is 6.87. The van der Waals surface area contributed by atoms with E-state index in [-0.39, 0.29) is 11.2 Å². The van der Waals surface area contributed by atoms with Crippen molar-refractivity contribution in [1.82, 2.24) is 0 Å². The first-order valence-electron chi connectivity index (χ1n) is 14.5. The van der Waals surface area contributed by atoms with E-state index in [1.165, 1.54) is 25.7 Å². The lowest BCUT2D eigenvalue weighted by Crippen LogP contribution is -2.81. The van der Waals surface area contributed by atoms with Gasteiger partial charge in [-0.25, -0.2) is 87.8 Å². The monoisotopic (exact) mass is 826 g/mol. The van der Waals surface area contributed by atoms with Gasteiger partial charge in [0.2, 0.25) is 0 Å². The second-order valence-electron chi connectivity index (χ2n) is 11.5. The number of rotatable bonds is 6. The fraction of sp³-hybridized carbons (Fsp3) is 0.226. The standard InChI is InChI=1S/C24BF20.C7H15OS/c26-5-1(6(27)14(35)21(42)13(5)34)25(2-7(28)15(36)22(43)16(37)8(2)29,3-9(30)17(38)23(44)18(39)10(3)31)4-11(32)19(40)24(45)20(41)12(4)33;1-9(2)8-7-5-3-4-6-7/h;7H,3-6H2,1-2H3/q-1;+1. The van der Waals surface area contributed by atoms with E-state index in [4.69, 9.17) is 4.18 Å². The SMILES string of the molecule is C[S+](C)OC1CCCC1.Fc1c(F)c(F)c([B-](c2c(F)c(F)c(F)c(F)c2F)(c2c(F)c(F)c(F)c(F)c2F)c2c(F)c(F)c(F)c(F)c2F)c(F)c1F. The summed E-state index contributed by atoms with van der Waals surface area (Å²) in [6.45, 7) is 0. The van der Waals surface area contributed by atoms with Crippen molar-refractivity contribution in [3.63, 3.8) is 0 Å². The molecule has 4 aromatic rings. The zero-order valence-electron chi connectivity index (χ0n) is 26.4. The molecule has 0 aromatic heterocycles. The zero-order chi connectivity index (χ0) is 41.0. The Morgan fingerprint density at radius 3 is 0.667 bits per heavy atom. The molecule has 5 rings (SSSR count). The third-order valence-corrected chi connectivity index (χ3v) is 8.99. The Morgan fingerprint density at radius 1 is 0.333 bits per heavy atom. The maximum Gasteiger partial charge on any atom is 0.200 e. The molecule has 0 heterocycles. The minimum Gasteiger partial charge on any atom is -0.207 e. The molecule has 1 aliphatic rings. The Labute approximate surface area is 292 Å². The molecule has 0 aliphatic heterocycles. The van der Waals surface area contributed by atoms with Gasteiger partial charge in [-0.05, 0) is 12.8 Å². The van der Waals surface area contributed by atoms with Gasteiger partial charge in [-0.1, -0.05) is 12.8 Å². The van der Waals surface area contributed by atoms with Crippen molar-refractivity contribution in [2.75, 3.05) is 12.5 Å². The first kappa shape index (κ1) is 42.6. The highest BCUT2D eigenvalue weighted by molar-refractivity contribution is 7.90. The summed E-state index contributed by atoms with van der Waals surface area (Å²) in [6, 6.07) is 0. The van der Waals surface area contributed by atoms with Crippen LogP contribution in [0.3, 0.4) is 0 Å². The number of hydrogen-bond donors (Lipinski definition) is 0. The topological polar surface area (TPSA) is 9.23 Å². The van der Waals surface area contributed by atoms with E-state index in [9.17, 15) is 52.7 Å². The maximum absolute atomic E-state index is 15.4. The van der Waals surface area contributed by atoms with E-state index < -0.39 is 144 Å². The van der Waals surface area contributed by atoms with Crippen LogP contribution in [0.1, 0.15) is 25.7 Å². The second kappa shape index (κ2) is 15.5. The maximum atomic E-state index is 15.4. The molecule has 0 saturated heterocycles. The van der Waals surface area contributed by atoms with E-state index >= 15 is 35.1 Å². The third kappa shape index (κ3) is 6.53. The van der Waals surface area contributed by atoms with Gasteiger partial charge in [0, 0.05) is 0 Å². The molecule has 1 nitrogen and oxygen atoms in total. The minimum absolute atomic E-state index is 0.195. The summed E-state index contributed by atoms with van der Waals surface area (Å²) in [5, 5.41) is 0. The molecule has 0 bridgehead atoms. The van der Waals surface area contributed by atoms with Crippen LogP contribution in [0.2, 0.25) is 0 Å². The van der Waals surface area contributed by atoms with Crippen LogP contribution in [0, 0.1) is 116 Å². The molecule has 0 unspecified atom stereocenters. The van der Waals surface area contributed by atoms with Gasteiger partial charge in [-0.2, -0.15) is 4.18 Å². The van der Waals surface area contributed by atoms with Crippen LogP contribution in [0.5, 0.6) is 0 Å². The van der Waals surface area contributed by atoms with E-state index in [0.717, 1.165) is 0 Å². The van der Waals surface area contributed by atoms with Gasteiger partial charge in [0.15, 0.2) is 69.8 Å². The Kier molecular flexibility index (Phi) is 12.3. The zero-order valence-corrected chi connectivity index (χ0v) is 27.2. The quantitative estimate of drug-likeness (QED) is 0.0641. The molecular weight excluding hydrogens is 811 g/mol. The van der Waals surface area contributed by atoms with Gasteiger partial charge in [-0.15, -0.1) is 21.9 Å². The molecule has 0 spiro atoms. The molecule has 0 radical (unpaired) electrons. The second-order valence-corrected chi connectivity index (χ2v) is 13.2. The van der Waals surface area contributed by atoms with Gasteiger partial charge >= 0.3 is 0 Å². The Hall–Kier alpha value is -4.15. The lowest BCUT2D eigenvalue weighted by molar-refractivity contribution is 0.244. The molecule has 54 heavy (non-hydrogen) atoms. The van der Waals surface area contributed by atoms with Crippen molar-refractivity contribution in [3.05, 3.63) is 116 Å². The summed E-state index contributed by atoms with van der Waals surface area (Å²) in [4.78, 5) is 0. The summed E-state index contributed by atoms with van der Waals surface area (Å²) in [5.74, 6) is -71.4. The molecule has 23 heteroatoms. The van der Waals surface area contributed by atoms with Crippen LogP contribution in [0.4, 0.5) is 87.8 Å². The van der Waals surface area contributed by atoms with Crippen LogP contribution in [-0.4, -0.2) is 24.8 Å². The van der Waals surface area contributed by atoms with E-state index in [1.807, 2.05) is 0 Å². The predicted molar refractivity (Wildman–Crippen MR) is 152 cm³/mol. The van der Waals surface area contributed by atoms with Gasteiger partial charge in [0.05, 0.1) is 0 Å². The molecule has 1 saturated carbocycles. The lowest BCUT2D eigenvalue weighted by Gasteiger charge is -2.44. The lowest BCUT2D eigenvalue weighted by atomic mass is 9.12. The highest BCUT2D eigenvalue weighted by Gasteiger charge is 2.52.